The Morgan fingerprint density at radius 3 is 1.75 bits per heavy atom. The molecule has 1 amide bonds. The number of rotatable bonds is 3. The van der Waals surface area contributed by atoms with Crippen LogP contribution in [0.15, 0.2) is 91.0 Å². The van der Waals surface area contributed by atoms with Crippen molar-refractivity contribution in [3.63, 3.8) is 0 Å². The molecular formula is C21H17NO2. The highest BCUT2D eigenvalue weighted by Crippen LogP contribution is 2.41. The molecule has 118 valence electrons. The summed E-state index contributed by atoms with van der Waals surface area (Å²) in [4.78, 5) is 14.8. The fourth-order valence-corrected chi connectivity index (χ4v) is 3.04. The Kier molecular flexibility index (Phi) is 3.85. The second-order valence-electron chi connectivity index (χ2n) is 5.73. The molecule has 3 heteroatoms. The van der Waals surface area contributed by atoms with E-state index in [1.54, 1.807) is 4.90 Å². The Hall–Kier alpha value is -2.91. The van der Waals surface area contributed by atoms with E-state index in [-0.39, 0.29) is 5.91 Å². The molecule has 0 spiro atoms. The third-order valence-corrected chi connectivity index (χ3v) is 4.18. The zero-order valence-corrected chi connectivity index (χ0v) is 13.1. The summed E-state index contributed by atoms with van der Waals surface area (Å²) in [5.74, 6) is -0.0405. The van der Waals surface area contributed by atoms with Crippen molar-refractivity contribution >= 4 is 11.6 Å². The van der Waals surface area contributed by atoms with E-state index in [0.717, 1.165) is 16.8 Å². The Morgan fingerprint density at radius 1 is 0.667 bits per heavy atom. The number of carbonyl (C=O) groups is 1. The molecule has 1 aliphatic rings. The summed E-state index contributed by atoms with van der Waals surface area (Å²) >= 11 is 0. The molecule has 0 saturated carbocycles. The van der Waals surface area contributed by atoms with Crippen LogP contribution >= 0.6 is 0 Å². The largest absolute Gasteiger partial charge is 0.336 e. The third-order valence-electron chi connectivity index (χ3n) is 4.18. The smallest absolute Gasteiger partial charge is 0.263 e. The van der Waals surface area contributed by atoms with Gasteiger partial charge >= 0.3 is 0 Å². The Labute approximate surface area is 141 Å². The molecule has 0 bridgehead atoms. The van der Waals surface area contributed by atoms with Gasteiger partial charge in [0.15, 0.2) is 12.3 Å². The first-order valence-corrected chi connectivity index (χ1v) is 7.98. The number of amides is 1. The van der Waals surface area contributed by atoms with E-state index >= 15 is 0 Å². The number of nitrogens with zero attached hydrogens (tertiary/aromatic N) is 1. The molecule has 0 aromatic heterocycles. The number of carbonyl (C=O) groups excluding carboxylic acids is 1. The normalized spacial score (nSPS) is 20.3. The summed E-state index contributed by atoms with van der Waals surface area (Å²) in [5, 5.41) is 0. The minimum Gasteiger partial charge on any atom is -0.336 e. The Bertz CT molecular complexity index is 818. The van der Waals surface area contributed by atoms with Gasteiger partial charge in [-0.25, -0.2) is 0 Å². The number of benzene rings is 3. The number of para-hydroxylation sites is 1. The van der Waals surface area contributed by atoms with E-state index in [9.17, 15) is 4.79 Å². The van der Waals surface area contributed by atoms with Crippen molar-refractivity contribution in [3.05, 3.63) is 102 Å². The van der Waals surface area contributed by atoms with Gasteiger partial charge in [0.25, 0.3) is 5.91 Å². The molecule has 1 aliphatic heterocycles. The first kappa shape index (κ1) is 14.7. The lowest BCUT2D eigenvalue weighted by molar-refractivity contribution is -0.122. The number of hydrogen-bond acceptors (Lipinski definition) is 2. The van der Waals surface area contributed by atoms with E-state index in [1.807, 2.05) is 91.0 Å². The maximum atomic E-state index is 13.1. The number of hydrogen-bond donors (Lipinski definition) is 0. The van der Waals surface area contributed by atoms with Crippen molar-refractivity contribution in [2.75, 3.05) is 4.90 Å². The van der Waals surface area contributed by atoms with Crippen LogP contribution in [0.3, 0.4) is 0 Å². The van der Waals surface area contributed by atoms with Gasteiger partial charge in [0.1, 0.15) is 0 Å². The Morgan fingerprint density at radius 2 is 1.17 bits per heavy atom. The van der Waals surface area contributed by atoms with E-state index < -0.39 is 12.3 Å². The molecule has 3 nitrogen and oxygen atoms in total. The van der Waals surface area contributed by atoms with E-state index in [4.69, 9.17) is 4.74 Å². The monoisotopic (exact) mass is 315 g/mol. The summed E-state index contributed by atoms with van der Waals surface area (Å²) in [6.07, 6.45) is -1.01. The van der Waals surface area contributed by atoms with Gasteiger partial charge in [-0.2, -0.15) is 0 Å². The molecule has 3 aromatic carbocycles. The topological polar surface area (TPSA) is 29.5 Å². The summed E-state index contributed by atoms with van der Waals surface area (Å²) in [5.41, 5.74) is 2.68. The van der Waals surface area contributed by atoms with Gasteiger partial charge in [0, 0.05) is 11.3 Å². The number of ether oxygens (including phenoxy) is 1. The van der Waals surface area contributed by atoms with Crippen LogP contribution in [0.2, 0.25) is 0 Å². The first-order chi connectivity index (χ1) is 11.8. The van der Waals surface area contributed by atoms with Crippen molar-refractivity contribution in [2.45, 2.75) is 12.3 Å². The average molecular weight is 315 g/mol. The predicted octanol–water partition coefficient (Wildman–Crippen LogP) is 4.49. The molecule has 0 aliphatic carbocycles. The molecule has 24 heavy (non-hydrogen) atoms. The Balaban J connectivity index is 1.77. The van der Waals surface area contributed by atoms with Crippen molar-refractivity contribution in [1.82, 2.24) is 0 Å². The quantitative estimate of drug-likeness (QED) is 0.712. The first-order valence-electron chi connectivity index (χ1n) is 7.98. The van der Waals surface area contributed by atoms with E-state index in [1.165, 1.54) is 0 Å². The summed E-state index contributed by atoms with van der Waals surface area (Å²) in [6, 6.07) is 29.2. The van der Waals surface area contributed by atoms with Gasteiger partial charge < -0.3 is 4.74 Å². The van der Waals surface area contributed by atoms with Crippen molar-refractivity contribution < 1.29 is 9.53 Å². The third kappa shape index (κ3) is 2.59. The van der Waals surface area contributed by atoms with Gasteiger partial charge in [-0.3, -0.25) is 9.69 Å². The lowest BCUT2D eigenvalue weighted by atomic mass is 10.1. The van der Waals surface area contributed by atoms with Crippen LogP contribution < -0.4 is 4.90 Å². The predicted molar refractivity (Wildman–Crippen MR) is 93.4 cm³/mol. The zero-order valence-electron chi connectivity index (χ0n) is 13.1. The fraction of sp³-hybridized carbons (Fsp3) is 0.0952. The number of anilines is 1. The minimum absolute atomic E-state index is 0.0405. The van der Waals surface area contributed by atoms with Gasteiger partial charge in [-0.1, -0.05) is 78.9 Å². The maximum absolute atomic E-state index is 13.1. The van der Waals surface area contributed by atoms with Crippen LogP contribution in [0, 0.1) is 0 Å². The molecule has 1 fully saturated rings. The maximum Gasteiger partial charge on any atom is 0.263 e. The second-order valence-corrected chi connectivity index (χ2v) is 5.73. The van der Waals surface area contributed by atoms with Crippen LogP contribution in [0.1, 0.15) is 23.5 Å². The molecule has 0 N–H and O–H groups in total. The highest BCUT2D eigenvalue weighted by atomic mass is 16.5. The SMILES string of the molecule is O=C1[C@H](c2ccccc2)O[C@H](c2ccccc2)N1c1ccccc1. The van der Waals surface area contributed by atoms with Crippen LogP contribution in [-0.2, 0) is 9.53 Å². The van der Waals surface area contributed by atoms with E-state index in [0.29, 0.717) is 0 Å². The average Bonchev–Trinajstić information content (AvgIpc) is 3.01. The molecule has 3 aromatic rings. The molecule has 0 unspecified atom stereocenters. The van der Waals surface area contributed by atoms with Crippen LogP contribution in [0.5, 0.6) is 0 Å². The van der Waals surface area contributed by atoms with Gasteiger partial charge in [-0.15, -0.1) is 0 Å². The summed E-state index contributed by atoms with van der Waals surface area (Å²) in [6.45, 7) is 0. The van der Waals surface area contributed by atoms with Crippen LogP contribution in [0.25, 0.3) is 0 Å². The second kappa shape index (κ2) is 6.30. The highest BCUT2D eigenvalue weighted by Gasteiger charge is 2.42. The van der Waals surface area contributed by atoms with E-state index in [2.05, 4.69) is 0 Å². The van der Waals surface area contributed by atoms with Gasteiger partial charge in [0.2, 0.25) is 0 Å². The molecular weight excluding hydrogens is 298 g/mol. The standard InChI is InChI=1S/C21H17NO2/c23-20-19(16-10-4-1-5-11-16)24-21(17-12-6-2-7-13-17)22(20)18-14-8-3-9-15-18/h1-15,19,21H/t19-,21+/m0/s1. The summed E-state index contributed by atoms with van der Waals surface area (Å²) < 4.78 is 6.19. The van der Waals surface area contributed by atoms with Gasteiger partial charge in [-0.05, 0) is 17.7 Å². The summed E-state index contributed by atoms with van der Waals surface area (Å²) in [7, 11) is 0. The molecule has 2 atom stereocenters. The van der Waals surface area contributed by atoms with Crippen LogP contribution in [0.4, 0.5) is 5.69 Å². The van der Waals surface area contributed by atoms with Crippen molar-refractivity contribution in [1.29, 1.82) is 0 Å². The van der Waals surface area contributed by atoms with Crippen molar-refractivity contribution in [3.8, 4) is 0 Å². The zero-order chi connectivity index (χ0) is 16.4. The minimum atomic E-state index is -0.586. The lowest BCUT2D eigenvalue weighted by Gasteiger charge is -2.23. The van der Waals surface area contributed by atoms with Crippen molar-refractivity contribution in [2.24, 2.45) is 0 Å². The molecule has 1 saturated heterocycles. The van der Waals surface area contributed by atoms with Gasteiger partial charge in [0.05, 0.1) is 0 Å². The molecule has 1 heterocycles. The molecule has 4 rings (SSSR count). The fourth-order valence-electron chi connectivity index (χ4n) is 3.04. The van der Waals surface area contributed by atoms with Crippen LogP contribution in [-0.4, -0.2) is 5.91 Å². The molecule has 0 radical (unpaired) electrons. The lowest BCUT2D eigenvalue weighted by Crippen LogP contribution is -2.28. The highest BCUT2D eigenvalue weighted by molar-refractivity contribution is 5.99.